The molecule has 5 amide bonds. The van der Waals surface area contributed by atoms with Gasteiger partial charge in [0.15, 0.2) is 0 Å². The van der Waals surface area contributed by atoms with Gasteiger partial charge in [-0.25, -0.2) is 13.0 Å². The number of hydrogen-bond acceptors (Lipinski definition) is 14. The molecule has 3 aromatic rings. The first-order valence-electron chi connectivity index (χ1n) is 23.6. The van der Waals surface area contributed by atoms with Crippen LogP contribution in [0.4, 0.5) is 12.7 Å². The fourth-order valence-corrected chi connectivity index (χ4v) is 9.36. The van der Waals surface area contributed by atoms with Gasteiger partial charge < -0.3 is 36.2 Å². The second-order valence-corrected chi connectivity index (χ2v) is 19.4. The van der Waals surface area contributed by atoms with Gasteiger partial charge in [0.1, 0.15) is 6.04 Å². The van der Waals surface area contributed by atoms with Crippen LogP contribution in [0.25, 0.3) is 10.9 Å². The summed E-state index contributed by atoms with van der Waals surface area (Å²) in [6.45, 7) is -0.213. The van der Waals surface area contributed by atoms with E-state index in [4.69, 9.17) is 0 Å². The Labute approximate surface area is 419 Å². The van der Waals surface area contributed by atoms with E-state index in [-0.39, 0.29) is 108 Å². The van der Waals surface area contributed by atoms with E-state index in [0.29, 0.717) is 48.2 Å². The smallest absolute Gasteiger partial charge is 0.317 e. The molecule has 2 unspecified atom stereocenters. The minimum absolute atomic E-state index is 0.0418. The summed E-state index contributed by atoms with van der Waals surface area (Å²) in [6.07, 6.45) is 1.69. The SMILES string of the molecule is O=C(O)CN1CCN(CC(=O)O)CCN(CC(=O)NCCCCC(=O)NCCc2ccc(CS(=O)(F)=NC(=O)C3CC(F)(F)CN3C(=O)CNC(=O)c3ccnc4ccccc34)cc2)CCN(CC(=O)O)CC1. The summed E-state index contributed by atoms with van der Waals surface area (Å²) in [7, 11) is -4.79. The number of halogens is 3. The molecule has 2 saturated heterocycles. The summed E-state index contributed by atoms with van der Waals surface area (Å²) in [5, 5.41) is 36.7. The Bertz CT molecular complexity index is 2550. The average Bonchev–Trinajstić information content (AvgIpc) is 3.66. The van der Waals surface area contributed by atoms with Gasteiger partial charge in [0.25, 0.3) is 17.7 Å². The molecule has 398 valence electrons. The number of carboxylic acid groups (broad SMARTS) is 3. The molecule has 2 aliphatic heterocycles. The summed E-state index contributed by atoms with van der Waals surface area (Å²) in [4.78, 5) is 110. The quantitative estimate of drug-likeness (QED) is 0.0597. The van der Waals surface area contributed by atoms with Crippen LogP contribution in [0.3, 0.4) is 0 Å². The maximum Gasteiger partial charge on any atom is 0.317 e. The minimum atomic E-state index is -4.79. The van der Waals surface area contributed by atoms with E-state index in [0.717, 1.165) is 5.56 Å². The number of hydrogen-bond donors (Lipinski definition) is 6. The molecule has 6 N–H and O–H groups in total. The molecule has 0 spiro atoms. The predicted octanol–water partition coefficient (Wildman–Crippen LogP) is 0.701. The summed E-state index contributed by atoms with van der Waals surface area (Å²) < 4.78 is 60.4. The average molecular weight is 1050 g/mol. The Kier molecular flexibility index (Phi) is 21.5. The molecule has 2 aromatic carbocycles. The van der Waals surface area contributed by atoms with E-state index in [9.17, 15) is 66.7 Å². The van der Waals surface area contributed by atoms with Crippen LogP contribution in [0, 0.1) is 0 Å². The molecule has 0 saturated carbocycles. The first-order valence-corrected chi connectivity index (χ1v) is 25.2. The highest BCUT2D eigenvalue weighted by Crippen LogP contribution is 2.33. The van der Waals surface area contributed by atoms with Crippen molar-refractivity contribution in [2.24, 2.45) is 4.36 Å². The summed E-state index contributed by atoms with van der Waals surface area (Å²) in [5.74, 6) is -11.3. The number of amides is 5. The minimum Gasteiger partial charge on any atom is -0.480 e. The number of pyridine rings is 1. The van der Waals surface area contributed by atoms with Gasteiger partial charge in [-0.1, -0.05) is 42.5 Å². The van der Waals surface area contributed by atoms with Crippen LogP contribution in [-0.2, 0) is 55.9 Å². The standard InChI is InChI=1S/C47H61F3N10O12S/c48-47(49)25-38(60(32-47)41(63)26-54-45(70)36-13-16-51-37-6-2-1-5-35(36)37)46(71)55-73(50,72)31-34-10-8-33(9-11-34)12-15-53-39(61)7-3-4-14-52-40(62)27-56-17-19-57(28-42(64)65)21-23-59(30-44(68)69)24-22-58(20-18-56)29-43(66)67/h1-2,5-6,8-11,13,16,38H,3-4,7,12,14-15,17-32H2,(H,52,62)(H,53,61)(H,54,70)(H,64,65)(H,66,67)(H,68,69). The summed E-state index contributed by atoms with van der Waals surface area (Å²) >= 11 is 0. The molecule has 0 bridgehead atoms. The number of nitrogens with one attached hydrogen (secondary N) is 3. The Morgan fingerprint density at radius 2 is 1.22 bits per heavy atom. The molecule has 73 heavy (non-hydrogen) atoms. The molecule has 2 fully saturated rings. The van der Waals surface area contributed by atoms with Crippen LogP contribution in [-0.4, -0.2) is 213 Å². The molecule has 22 nitrogen and oxygen atoms in total. The lowest BCUT2D eigenvalue weighted by atomic mass is 10.1. The highest BCUT2D eigenvalue weighted by Gasteiger charge is 2.50. The topological polar surface area (TPSA) is 292 Å². The van der Waals surface area contributed by atoms with Crippen molar-refractivity contribution in [3.8, 4) is 0 Å². The number of aliphatic carboxylic acids is 3. The number of alkyl halides is 2. The monoisotopic (exact) mass is 1050 g/mol. The molecule has 2 atom stereocenters. The first kappa shape index (κ1) is 57.3. The Morgan fingerprint density at radius 1 is 0.685 bits per heavy atom. The van der Waals surface area contributed by atoms with Gasteiger partial charge in [0.2, 0.25) is 27.8 Å². The molecule has 1 aromatic heterocycles. The highest BCUT2D eigenvalue weighted by molar-refractivity contribution is 7.88. The number of carbonyl (C=O) groups is 8. The predicted molar refractivity (Wildman–Crippen MR) is 258 cm³/mol. The molecule has 3 heterocycles. The van der Waals surface area contributed by atoms with Crippen molar-refractivity contribution in [1.29, 1.82) is 0 Å². The lowest BCUT2D eigenvalue weighted by Gasteiger charge is -2.32. The van der Waals surface area contributed by atoms with Crippen LogP contribution < -0.4 is 16.0 Å². The third-order valence-electron chi connectivity index (χ3n) is 12.0. The highest BCUT2D eigenvalue weighted by atomic mass is 32.3. The van der Waals surface area contributed by atoms with Crippen molar-refractivity contribution < 1.29 is 70.6 Å². The lowest BCUT2D eigenvalue weighted by molar-refractivity contribution is -0.140. The first-order chi connectivity index (χ1) is 34.6. The van der Waals surface area contributed by atoms with Crippen LogP contribution in [0.2, 0.25) is 0 Å². The molecule has 0 radical (unpaired) electrons. The van der Waals surface area contributed by atoms with Gasteiger partial charge in [-0.3, -0.25) is 62.9 Å². The molecule has 2 aliphatic rings. The van der Waals surface area contributed by atoms with Gasteiger partial charge in [0.05, 0.1) is 56.1 Å². The number of likely N-dealkylation sites (tertiary alicyclic amines) is 1. The third-order valence-corrected chi connectivity index (χ3v) is 13.2. The maximum atomic E-state index is 15.3. The third kappa shape index (κ3) is 19.7. The number of nitrogens with zero attached hydrogens (tertiary/aromatic N) is 7. The van der Waals surface area contributed by atoms with Crippen LogP contribution >= 0.6 is 0 Å². The fraction of sp³-hybridized carbons (Fsp3) is 0.511. The van der Waals surface area contributed by atoms with Gasteiger partial charge in [-0.05, 0) is 42.5 Å². The van der Waals surface area contributed by atoms with Crippen molar-refractivity contribution in [2.75, 3.05) is 105 Å². The second-order valence-electron chi connectivity index (χ2n) is 17.8. The number of carboxylic acids is 3. The van der Waals surface area contributed by atoms with Crippen molar-refractivity contribution in [1.82, 2.24) is 45.4 Å². The van der Waals surface area contributed by atoms with Crippen LogP contribution in [0.15, 0.2) is 65.2 Å². The van der Waals surface area contributed by atoms with Crippen LogP contribution in [0.5, 0.6) is 0 Å². The zero-order valence-electron chi connectivity index (χ0n) is 40.1. The zero-order valence-corrected chi connectivity index (χ0v) is 40.9. The van der Waals surface area contributed by atoms with Gasteiger partial charge in [-0.15, -0.1) is 8.25 Å². The van der Waals surface area contributed by atoms with Crippen LogP contribution in [0.1, 0.15) is 47.2 Å². The Balaban J connectivity index is 1.01. The van der Waals surface area contributed by atoms with Crippen molar-refractivity contribution in [3.05, 3.63) is 77.5 Å². The number of unbranched alkanes of at least 4 members (excludes halogenated alkanes) is 1. The number of aromatic nitrogens is 1. The van der Waals surface area contributed by atoms with Gasteiger partial charge in [0, 0.05) is 89.9 Å². The zero-order chi connectivity index (χ0) is 53.1. The lowest BCUT2D eigenvalue weighted by Crippen LogP contribution is -2.49. The Morgan fingerprint density at radius 3 is 1.79 bits per heavy atom. The summed E-state index contributed by atoms with van der Waals surface area (Å²) in [5.41, 5.74) is 1.59. The molecule has 5 rings (SSSR count). The number of carbonyl (C=O) groups excluding carboxylic acids is 5. The summed E-state index contributed by atoms with van der Waals surface area (Å²) in [6, 6.07) is 12.3. The largest absolute Gasteiger partial charge is 0.480 e. The van der Waals surface area contributed by atoms with E-state index in [1.807, 2.05) is 0 Å². The molecular weight excluding hydrogens is 986 g/mol. The maximum absolute atomic E-state index is 15.3. The van der Waals surface area contributed by atoms with E-state index >= 15 is 3.89 Å². The van der Waals surface area contributed by atoms with Gasteiger partial charge in [-0.2, -0.15) is 0 Å². The normalized spacial score (nSPS) is 18.1. The van der Waals surface area contributed by atoms with E-state index in [1.165, 1.54) is 24.4 Å². The number of fused-ring (bicyclic) bond motifs is 1. The Hall–Kier alpha value is -6.61. The second kappa shape index (κ2) is 27.4. The number of benzene rings is 2. The molecule has 26 heteroatoms. The van der Waals surface area contributed by atoms with Crippen molar-refractivity contribution >= 4 is 68.5 Å². The number of para-hydroxylation sites is 1. The van der Waals surface area contributed by atoms with E-state index in [2.05, 4.69) is 25.3 Å². The van der Waals surface area contributed by atoms with E-state index < -0.39 is 83.0 Å². The van der Waals surface area contributed by atoms with E-state index in [1.54, 1.807) is 56.0 Å². The molecule has 0 aliphatic carbocycles. The van der Waals surface area contributed by atoms with Crippen molar-refractivity contribution in [3.63, 3.8) is 0 Å². The number of rotatable bonds is 22. The van der Waals surface area contributed by atoms with Crippen molar-refractivity contribution in [2.45, 2.75) is 49.8 Å². The molecular formula is C47H61F3N10O12S. The fourth-order valence-electron chi connectivity index (χ4n) is 8.30. The van der Waals surface area contributed by atoms with Gasteiger partial charge >= 0.3 is 17.9 Å².